The SMILES string of the molecule is CSCC[C@H](N)C(=O)N1CCOC(c2ccc(C)cc2C)C1.Cl. The molecule has 2 atom stereocenters. The van der Waals surface area contributed by atoms with Crippen molar-refractivity contribution in [2.75, 3.05) is 31.7 Å². The lowest BCUT2D eigenvalue weighted by molar-refractivity contribution is -0.140. The molecule has 1 amide bonds. The first-order valence-electron chi connectivity index (χ1n) is 7.75. The molecule has 6 heteroatoms. The summed E-state index contributed by atoms with van der Waals surface area (Å²) in [6.45, 7) is 5.97. The molecule has 0 saturated carbocycles. The third kappa shape index (κ3) is 5.38. The minimum Gasteiger partial charge on any atom is -0.370 e. The number of benzene rings is 1. The van der Waals surface area contributed by atoms with Gasteiger partial charge in [-0.05, 0) is 43.4 Å². The summed E-state index contributed by atoms with van der Waals surface area (Å²) >= 11 is 1.72. The van der Waals surface area contributed by atoms with Crippen molar-refractivity contribution >= 4 is 30.1 Å². The van der Waals surface area contributed by atoms with Crippen LogP contribution in [0, 0.1) is 13.8 Å². The minimum atomic E-state index is -0.398. The van der Waals surface area contributed by atoms with E-state index in [0.29, 0.717) is 19.7 Å². The highest BCUT2D eigenvalue weighted by Gasteiger charge is 2.28. The Labute approximate surface area is 149 Å². The molecule has 1 saturated heterocycles. The number of nitrogens with two attached hydrogens (primary N) is 1. The predicted molar refractivity (Wildman–Crippen MR) is 99.4 cm³/mol. The number of aryl methyl sites for hydroxylation is 2. The molecule has 1 heterocycles. The van der Waals surface area contributed by atoms with Crippen molar-refractivity contribution in [2.45, 2.75) is 32.4 Å². The number of amides is 1. The Hall–Kier alpha value is -0.750. The van der Waals surface area contributed by atoms with E-state index in [9.17, 15) is 4.79 Å². The number of rotatable bonds is 5. The summed E-state index contributed by atoms with van der Waals surface area (Å²) in [4.78, 5) is 14.3. The third-order valence-corrected chi connectivity index (χ3v) is 4.74. The first kappa shape index (κ1) is 20.3. The van der Waals surface area contributed by atoms with Gasteiger partial charge in [0.1, 0.15) is 6.10 Å². The largest absolute Gasteiger partial charge is 0.370 e. The number of ether oxygens (including phenoxy) is 1. The van der Waals surface area contributed by atoms with E-state index < -0.39 is 6.04 Å². The summed E-state index contributed by atoms with van der Waals surface area (Å²) in [6.07, 6.45) is 2.71. The van der Waals surface area contributed by atoms with E-state index in [1.54, 1.807) is 11.8 Å². The number of halogens is 1. The van der Waals surface area contributed by atoms with E-state index in [0.717, 1.165) is 12.2 Å². The molecule has 0 radical (unpaired) electrons. The lowest BCUT2D eigenvalue weighted by Gasteiger charge is -2.35. The summed E-state index contributed by atoms with van der Waals surface area (Å²) in [7, 11) is 0. The fraction of sp³-hybridized carbons (Fsp3) is 0.588. The van der Waals surface area contributed by atoms with Gasteiger partial charge in [-0.1, -0.05) is 23.8 Å². The van der Waals surface area contributed by atoms with Crippen molar-refractivity contribution in [2.24, 2.45) is 5.73 Å². The van der Waals surface area contributed by atoms with Gasteiger partial charge < -0.3 is 15.4 Å². The summed E-state index contributed by atoms with van der Waals surface area (Å²) in [5.41, 5.74) is 9.64. The molecule has 1 aliphatic rings. The van der Waals surface area contributed by atoms with Crippen molar-refractivity contribution < 1.29 is 9.53 Å². The molecule has 1 fully saturated rings. The molecule has 0 aromatic heterocycles. The number of hydrogen-bond acceptors (Lipinski definition) is 4. The maximum Gasteiger partial charge on any atom is 0.239 e. The van der Waals surface area contributed by atoms with Crippen LogP contribution in [-0.4, -0.2) is 48.6 Å². The molecular formula is C17H27ClN2O2S. The summed E-state index contributed by atoms with van der Waals surface area (Å²) in [6, 6.07) is 5.96. The van der Waals surface area contributed by atoms with Crippen LogP contribution in [0.3, 0.4) is 0 Å². The van der Waals surface area contributed by atoms with Crippen LogP contribution in [-0.2, 0) is 9.53 Å². The van der Waals surface area contributed by atoms with Crippen LogP contribution in [0.25, 0.3) is 0 Å². The highest BCUT2D eigenvalue weighted by molar-refractivity contribution is 7.98. The Morgan fingerprint density at radius 3 is 2.87 bits per heavy atom. The van der Waals surface area contributed by atoms with Gasteiger partial charge in [-0.25, -0.2) is 0 Å². The summed E-state index contributed by atoms with van der Waals surface area (Å²) < 4.78 is 5.89. The van der Waals surface area contributed by atoms with Crippen molar-refractivity contribution in [1.82, 2.24) is 4.90 Å². The maximum absolute atomic E-state index is 12.5. The lowest BCUT2D eigenvalue weighted by Crippen LogP contribution is -2.49. The fourth-order valence-corrected chi connectivity index (χ4v) is 3.32. The van der Waals surface area contributed by atoms with Crippen LogP contribution in [0.1, 0.15) is 29.2 Å². The van der Waals surface area contributed by atoms with E-state index in [4.69, 9.17) is 10.5 Å². The molecule has 130 valence electrons. The smallest absolute Gasteiger partial charge is 0.239 e. The first-order chi connectivity index (χ1) is 10.5. The van der Waals surface area contributed by atoms with E-state index in [1.165, 1.54) is 16.7 Å². The van der Waals surface area contributed by atoms with Gasteiger partial charge in [0.15, 0.2) is 0 Å². The van der Waals surface area contributed by atoms with Crippen LogP contribution in [0.15, 0.2) is 18.2 Å². The molecule has 2 N–H and O–H groups in total. The Bertz CT molecular complexity index is 527. The highest BCUT2D eigenvalue weighted by atomic mass is 35.5. The van der Waals surface area contributed by atoms with Gasteiger partial charge in [-0.3, -0.25) is 4.79 Å². The lowest BCUT2D eigenvalue weighted by atomic mass is 9.99. The normalized spacial score (nSPS) is 19.1. The number of nitrogens with zero attached hydrogens (tertiary/aromatic N) is 1. The molecule has 4 nitrogen and oxygen atoms in total. The van der Waals surface area contributed by atoms with Crippen LogP contribution in [0.5, 0.6) is 0 Å². The predicted octanol–water partition coefficient (Wildman–Crippen LogP) is 2.71. The Morgan fingerprint density at radius 1 is 1.48 bits per heavy atom. The minimum absolute atomic E-state index is 0. The standard InChI is InChI=1S/C17H26N2O2S.ClH/c1-12-4-5-14(13(2)10-12)16-11-19(7-8-21-16)17(20)15(18)6-9-22-3;/h4-5,10,15-16H,6-9,11,18H2,1-3H3;1H/t15-,16?;/m0./s1. The zero-order valence-electron chi connectivity index (χ0n) is 14.1. The zero-order chi connectivity index (χ0) is 16.1. The van der Waals surface area contributed by atoms with Gasteiger partial charge in [-0.2, -0.15) is 11.8 Å². The molecule has 2 rings (SSSR count). The monoisotopic (exact) mass is 358 g/mol. The first-order valence-corrected chi connectivity index (χ1v) is 9.14. The number of carbonyl (C=O) groups excluding carboxylic acids is 1. The van der Waals surface area contributed by atoms with Crippen LogP contribution >= 0.6 is 24.2 Å². The van der Waals surface area contributed by atoms with Crippen molar-refractivity contribution in [3.8, 4) is 0 Å². The third-order valence-electron chi connectivity index (χ3n) is 4.10. The Morgan fingerprint density at radius 2 is 2.22 bits per heavy atom. The second-order valence-electron chi connectivity index (χ2n) is 5.89. The van der Waals surface area contributed by atoms with Gasteiger partial charge in [0.25, 0.3) is 0 Å². The molecule has 1 aromatic carbocycles. The molecule has 0 spiro atoms. The number of thioether (sulfide) groups is 1. The second kappa shape index (κ2) is 9.52. The molecule has 1 aromatic rings. The molecule has 0 bridgehead atoms. The van der Waals surface area contributed by atoms with Crippen molar-refractivity contribution in [1.29, 1.82) is 0 Å². The van der Waals surface area contributed by atoms with E-state index in [1.807, 2.05) is 11.2 Å². The quantitative estimate of drug-likeness (QED) is 0.879. The average Bonchev–Trinajstić information content (AvgIpc) is 2.52. The molecule has 1 aliphatic heterocycles. The van der Waals surface area contributed by atoms with Gasteiger partial charge in [0.05, 0.1) is 19.2 Å². The fourth-order valence-electron chi connectivity index (χ4n) is 2.83. The maximum atomic E-state index is 12.5. The van der Waals surface area contributed by atoms with Crippen LogP contribution < -0.4 is 5.73 Å². The Balaban J connectivity index is 0.00000264. The second-order valence-corrected chi connectivity index (χ2v) is 6.88. The number of morpholine rings is 1. The summed E-state index contributed by atoms with van der Waals surface area (Å²) in [5.74, 6) is 0.963. The average molecular weight is 359 g/mol. The topological polar surface area (TPSA) is 55.6 Å². The highest BCUT2D eigenvalue weighted by Crippen LogP contribution is 2.26. The van der Waals surface area contributed by atoms with E-state index >= 15 is 0 Å². The van der Waals surface area contributed by atoms with E-state index in [2.05, 4.69) is 32.0 Å². The van der Waals surface area contributed by atoms with Crippen molar-refractivity contribution in [3.05, 3.63) is 34.9 Å². The molecule has 23 heavy (non-hydrogen) atoms. The number of carbonyl (C=O) groups is 1. The van der Waals surface area contributed by atoms with Gasteiger partial charge in [-0.15, -0.1) is 12.4 Å². The van der Waals surface area contributed by atoms with Gasteiger partial charge >= 0.3 is 0 Å². The molecule has 1 unspecified atom stereocenters. The Kier molecular flexibility index (Phi) is 8.40. The molecular weight excluding hydrogens is 332 g/mol. The zero-order valence-corrected chi connectivity index (χ0v) is 15.7. The van der Waals surface area contributed by atoms with Crippen LogP contribution in [0.2, 0.25) is 0 Å². The molecule has 0 aliphatic carbocycles. The summed E-state index contributed by atoms with van der Waals surface area (Å²) in [5, 5.41) is 0. The van der Waals surface area contributed by atoms with E-state index in [-0.39, 0.29) is 24.4 Å². The van der Waals surface area contributed by atoms with Crippen molar-refractivity contribution in [3.63, 3.8) is 0 Å². The number of hydrogen-bond donors (Lipinski definition) is 1. The van der Waals surface area contributed by atoms with Crippen LogP contribution in [0.4, 0.5) is 0 Å². The van der Waals surface area contributed by atoms with Gasteiger partial charge in [0, 0.05) is 6.54 Å². The van der Waals surface area contributed by atoms with Gasteiger partial charge in [0.2, 0.25) is 5.91 Å².